The van der Waals surface area contributed by atoms with E-state index in [1.165, 1.54) is 0 Å². The lowest BCUT2D eigenvalue weighted by molar-refractivity contribution is -0.126. The van der Waals surface area contributed by atoms with Crippen molar-refractivity contribution in [3.8, 4) is 0 Å². The fourth-order valence-electron chi connectivity index (χ4n) is 3.03. The molecule has 0 aliphatic carbocycles. The summed E-state index contributed by atoms with van der Waals surface area (Å²) in [5.41, 5.74) is 0.905. The minimum Gasteiger partial charge on any atom is -0.353 e. The Hall–Kier alpha value is -2.40. The molecule has 0 radical (unpaired) electrons. The lowest BCUT2D eigenvalue weighted by atomic mass is 10.1. The van der Waals surface area contributed by atoms with E-state index in [4.69, 9.17) is 0 Å². The number of hydrogen-bond acceptors (Lipinski definition) is 3. The molecule has 2 amide bonds. The number of nitrogens with zero attached hydrogens (tertiary/aromatic N) is 2. The van der Waals surface area contributed by atoms with Crippen molar-refractivity contribution in [3.05, 3.63) is 42.5 Å². The molecule has 2 aromatic rings. The average molecular weight is 355 g/mol. The van der Waals surface area contributed by atoms with Crippen LogP contribution in [0, 0.1) is 0 Å². The van der Waals surface area contributed by atoms with Gasteiger partial charge in [-0.1, -0.05) is 36.4 Å². The molecular weight excluding hydrogens is 326 g/mol. The first-order chi connectivity index (χ1) is 12.3. The monoisotopic (exact) mass is 355 g/mol. The maximum absolute atomic E-state index is 13.1. The van der Waals surface area contributed by atoms with Crippen LogP contribution >= 0.6 is 0 Å². The van der Waals surface area contributed by atoms with E-state index in [0.717, 1.165) is 16.5 Å². The highest BCUT2D eigenvalue weighted by Crippen LogP contribution is 2.27. The van der Waals surface area contributed by atoms with Crippen LogP contribution in [-0.2, 0) is 9.59 Å². The topological polar surface area (TPSA) is 52.7 Å². The number of likely N-dealkylation sites (N-methyl/N-ethyl adjacent to an activating group) is 2. The third-order valence-electron chi connectivity index (χ3n) is 4.50. The van der Waals surface area contributed by atoms with Crippen molar-refractivity contribution in [1.82, 2.24) is 10.2 Å². The van der Waals surface area contributed by atoms with E-state index in [2.05, 4.69) is 5.32 Å². The minimum absolute atomic E-state index is 0.0105. The van der Waals surface area contributed by atoms with Gasteiger partial charge in [-0.15, -0.1) is 0 Å². The summed E-state index contributed by atoms with van der Waals surface area (Å²) in [4.78, 5) is 28.7. The standard InChI is InChI=1S/C21H29N3O2/c1-6-24(19-13-9-11-17-10-7-8-12-18(17)19)21(26)16(4)23(5)14-20(25)22-15(2)3/h7-13,15-16H,6,14H2,1-5H3,(H,22,25)/t16-/m1/s1. The number of nitrogens with one attached hydrogen (secondary N) is 1. The molecule has 26 heavy (non-hydrogen) atoms. The minimum atomic E-state index is -0.396. The van der Waals surface area contributed by atoms with Gasteiger partial charge in [0.15, 0.2) is 0 Å². The van der Waals surface area contributed by atoms with Crippen LogP contribution in [-0.4, -0.2) is 48.9 Å². The number of carbonyl (C=O) groups excluding carboxylic acids is 2. The van der Waals surface area contributed by atoms with E-state index in [0.29, 0.717) is 6.54 Å². The molecule has 0 spiro atoms. The van der Waals surface area contributed by atoms with Gasteiger partial charge < -0.3 is 10.2 Å². The molecule has 0 aliphatic heterocycles. The fourth-order valence-corrected chi connectivity index (χ4v) is 3.03. The Morgan fingerprint density at radius 3 is 2.35 bits per heavy atom. The molecule has 0 aromatic heterocycles. The van der Waals surface area contributed by atoms with Crippen molar-refractivity contribution in [1.29, 1.82) is 0 Å². The van der Waals surface area contributed by atoms with Crippen molar-refractivity contribution < 1.29 is 9.59 Å². The second-order valence-electron chi connectivity index (χ2n) is 6.89. The second kappa shape index (κ2) is 8.81. The van der Waals surface area contributed by atoms with E-state index in [1.54, 1.807) is 16.8 Å². The molecule has 2 rings (SSSR count). The molecule has 2 aromatic carbocycles. The van der Waals surface area contributed by atoms with Gasteiger partial charge >= 0.3 is 0 Å². The van der Waals surface area contributed by atoms with Crippen LogP contribution in [0.1, 0.15) is 27.7 Å². The van der Waals surface area contributed by atoms with Crippen molar-refractivity contribution in [3.63, 3.8) is 0 Å². The number of rotatable bonds is 7. The van der Waals surface area contributed by atoms with Gasteiger partial charge in [-0.3, -0.25) is 14.5 Å². The van der Waals surface area contributed by atoms with Gasteiger partial charge in [0.2, 0.25) is 11.8 Å². The summed E-state index contributed by atoms with van der Waals surface area (Å²) in [6.45, 7) is 8.43. The summed E-state index contributed by atoms with van der Waals surface area (Å²) < 4.78 is 0. The molecule has 0 fully saturated rings. The van der Waals surface area contributed by atoms with Crippen LogP contribution in [0.25, 0.3) is 10.8 Å². The van der Waals surface area contributed by atoms with Gasteiger partial charge in [0.05, 0.1) is 18.3 Å². The number of hydrogen-bond donors (Lipinski definition) is 1. The number of benzene rings is 2. The predicted molar refractivity (Wildman–Crippen MR) is 107 cm³/mol. The van der Waals surface area contributed by atoms with Crippen molar-refractivity contribution in [2.75, 3.05) is 25.0 Å². The predicted octanol–water partition coefficient (Wildman–Crippen LogP) is 3.04. The lowest BCUT2D eigenvalue weighted by Crippen LogP contribution is -2.49. The summed E-state index contributed by atoms with van der Waals surface area (Å²) in [5.74, 6) is -0.0842. The Labute approximate surface area is 156 Å². The molecule has 0 unspecified atom stereocenters. The second-order valence-corrected chi connectivity index (χ2v) is 6.89. The molecule has 0 bridgehead atoms. The molecule has 0 saturated carbocycles. The van der Waals surface area contributed by atoms with E-state index < -0.39 is 6.04 Å². The van der Waals surface area contributed by atoms with E-state index in [9.17, 15) is 9.59 Å². The molecule has 1 N–H and O–H groups in total. The van der Waals surface area contributed by atoms with E-state index in [-0.39, 0.29) is 24.4 Å². The Bertz CT molecular complexity index is 767. The molecule has 140 valence electrons. The van der Waals surface area contributed by atoms with Gasteiger partial charge in [0.1, 0.15) is 0 Å². The molecule has 1 atom stereocenters. The smallest absolute Gasteiger partial charge is 0.244 e. The van der Waals surface area contributed by atoms with Gasteiger partial charge in [-0.25, -0.2) is 0 Å². The Morgan fingerprint density at radius 1 is 1.04 bits per heavy atom. The zero-order valence-electron chi connectivity index (χ0n) is 16.3. The first-order valence-corrected chi connectivity index (χ1v) is 9.13. The van der Waals surface area contributed by atoms with Crippen molar-refractivity contribution >= 4 is 28.3 Å². The summed E-state index contributed by atoms with van der Waals surface area (Å²) >= 11 is 0. The molecule has 5 nitrogen and oxygen atoms in total. The average Bonchev–Trinajstić information content (AvgIpc) is 2.60. The molecular formula is C21H29N3O2. The third-order valence-corrected chi connectivity index (χ3v) is 4.50. The number of amides is 2. The van der Waals surface area contributed by atoms with Crippen LogP contribution in [0.4, 0.5) is 5.69 Å². The normalized spacial score (nSPS) is 12.4. The van der Waals surface area contributed by atoms with Crippen molar-refractivity contribution in [2.45, 2.75) is 39.8 Å². The van der Waals surface area contributed by atoms with E-state index >= 15 is 0 Å². The van der Waals surface area contributed by atoms with Gasteiger partial charge in [-0.2, -0.15) is 0 Å². The van der Waals surface area contributed by atoms with Crippen LogP contribution in [0.5, 0.6) is 0 Å². The summed E-state index contributed by atoms with van der Waals surface area (Å²) in [6, 6.07) is 13.7. The fraction of sp³-hybridized carbons (Fsp3) is 0.429. The van der Waals surface area contributed by atoms with Crippen LogP contribution < -0.4 is 10.2 Å². The zero-order valence-corrected chi connectivity index (χ0v) is 16.3. The summed E-state index contributed by atoms with van der Waals surface area (Å²) in [7, 11) is 1.80. The van der Waals surface area contributed by atoms with Gasteiger partial charge in [0, 0.05) is 18.0 Å². The van der Waals surface area contributed by atoms with Gasteiger partial charge in [0.25, 0.3) is 0 Å². The highest BCUT2D eigenvalue weighted by atomic mass is 16.2. The third kappa shape index (κ3) is 4.61. The first-order valence-electron chi connectivity index (χ1n) is 9.13. The molecule has 0 heterocycles. The highest BCUT2D eigenvalue weighted by molar-refractivity contribution is 6.05. The zero-order chi connectivity index (χ0) is 19.3. The molecule has 0 saturated heterocycles. The Morgan fingerprint density at radius 2 is 1.69 bits per heavy atom. The number of anilines is 1. The number of carbonyl (C=O) groups is 2. The Balaban J connectivity index is 2.20. The largest absolute Gasteiger partial charge is 0.353 e. The lowest BCUT2D eigenvalue weighted by Gasteiger charge is -2.30. The van der Waals surface area contributed by atoms with Crippen LogP contribution in [0.15, 0.2) is 42.5 Å². The quantitative estimate of drug-likeness (QED) is 0.831. The Kier molecular flexibility index (Phi) is 6.75. The van der Waals surface area contributed by atoms with Crippen LogP contribution in [0.2, 0.25) is 0 Å². The highest BCUT2D eigenvalue weighted by Gasteiger charge is 2.26. The summed E-state index contributed by atoms with van der Waals surface area (Å²) in [6.07, 6.45) is 0. The first kappa shape index (κ1) is 19.9. The SMILES string of the molecule is CCN(C(=O)[C@@H](C)N(C)CC(=O)NC(C)C)c1cccc2ccccc12. The summed E-state index contributed by atoms with van der Waals surface area (Å²) in [5, 5.41) is 5.02. The molecule has 0 aliphatic rings. The maximum Gasteiger partial charge on any atom is 0.244 e. The van der Waals surface area contributed by atoms with E-state index in [1.807, 2.05) is 70.2 Å². The maximum atomic E-state index is 13.1. The van der Waals surface area contributed by atoms with Crippen LogP contribution in [0.3, 0.4) is 0 Å². The number of fused-ring (bicyclic) bond motifs is 1. The molecule has 5 heteroatoms. The van der Waals surface area contributed by atoms with Gasteiger partial charge in [-0.05, 0) is 46.2 Å². The van der Waals surface area contributed by atoms with Crippen molar-refractivity contribution in [2.24, 2.45) is 0 Å².